The van der Waals surface area contributed by atoms with Crippen molar-refractivity contribution in [1.29, 1.82) is 0 Å². The van der Waals surface area contributed by atoms with Gasteiger partial charge in [0.1, 0.15) is 0 Å². The highest BCUT2D eigenvalue weighted by molar-refractivity contribution is 6.02. The van der Waals surface area contributed by atoms with Gasteiger partial charge < -0.3 is 20.3 Å². The van der Waals surface area contributed by atoms with Crippen molar-refractivity contribution >= 4 is 29.2 Å². The number of nitrogens with zero attached hydrogens (tertiary/aromatic N) is 1. The van der Waals surface area contributed by atoms with E-state index in [2.05, 4.69) is 10.6 Å². The van der Waals surface area contributed by atoms with Crippen LogP contribution in [-0.4, -0.2) is 44.5 Å². The second kappa shape index (κ2) is 10.7. The topological polar surface area (TPSA) is 87.7 Å². The fourth-order valence-electron chi connectivity index (χ4n) is 3.37. The quantitative estimate of drug-likeness (QED) is 0.667. The summed E-state index contributed by atoms with van der Waals surface area (Å²) in [6.45, 7) is 2.02. The highest BCUT2D eigenvalue weighted by Gasteiger charge is 2.20. The van der Waals surface area contributed by atoms with Gasteiger partial charge in [0.15, 0.2) is 0 Å². The van der Waals surface area contributed by atoms with Gasteiger partial charge in [-0.05, 0) is 38.0 Å². The second-order valence-corrected chi connectivity index (χ2v) is 7.29. The highest BCUT2D eigenvalue weighted by atomic mass is 16.5. The van der Waals surface area contributed by atoms with E-state index >= 15 is 0 Å². The molecule has 0 spiro atoms. The summed E-state index contributed by atoms with van der Waals surface area (Å²) < 4.78 is 4.83. The molecule has 1 aromatic rings. The summed E-state index contributed by atoms with van der Waals surface area (Å²) >= 11 is 0. The van der Waals surface area contributed by atoms with Crippen LogP contribution in [0.1, 0.15) is 62.2 Å². The van der Waals surface area contributed by atoms with E-state index in [-0.39, 0.29) is 30.7 Å². The molecule has 0 aromatic heterocycles. The van der Waals surface area contributed by atoms with Crippen LogP contribution in [0.25, 0.3) is 0 Å². The van der Waals surface area contributed by atoms with Crippen molar-refractivity contribution in [2.24, 2.45) is 0 Å². The maximum atomic E-state index is 12.9. The van der Waals surface area contributed by atoms with Crippen molar-refractivity contribution < 1.29 is 19.1 Å². The lowest BCUT2D eigenvalue weighted by Crippen LogP contribution is -2.36. The van der Waals surface area contributed by atoms with E-state index in [1.54, 1.807) is 19.1 Å². The van der Waals surface area contributed by atoms with Crippen LogP contribution in [0.2, 0.25) is 0 Å². The number of rotatable bonds is 8. The van der Waals surface area contributed by atoms with Gasteiger partial charge >= 0.3 is 5.97 Å². The predicted molar refractivity (Wildman–Crippen MR) is 110 cm³/mol. The van der Waals surface area contributed by atoms with E-state index in [0.29, 0.717) is 17.9 Å². The van der Waals surface area contributed by atoms with Crippen LogP contribution in [0.15, 0.2) is 18.2 Å². The van der Waals surface area contributed by atoms with E-state index < -0.39 is 5.97 Å². The molecule has 0 unspecified atom stereocenters. The lowest BCUT2D eigenvalue weighted by Gasteiger charge is -2.24. The summed E-state index contributed by atoms with van der Waals surface area (Å²) in [5.41, 5.74) is 1.85. The van der Waals surface area contributed by atoms with Crippen LogP contribution in [0.3, 0.4) is 0 Å². The molecule has 1 fully saturated rings. The summed E-state index contributed by atoms with van der Waals surface area (Å²) in [5.74, 6) is -0.810. The number of benzene rings is 1. The number of carbonyl (C=O) groups excluding carboxylic acids is 3. The maximum absolute atomic E-state index is 12.9. The number of anilines is 2. The number of nitrogens with one attached hydrogen (secondary N) is 2. The van der Waals surface area contributed by atoms with Crippen LogP contribution in [-0.2, 0) is 14.3 Å². The minimum Gasteiger partial charge on any atom is -0.466 e. The number of ether oxygens (including phenoxy) is 1. The minimum atomic E-state index is -0.395. The summed E-state index contributed by atoms with van der Waals surface area (Å²) in [7, 11) is 3.76. The molecule has 7 nitrogen and oxygen atoms in total. The first-order valence-electron chi connectivity index (χ1n) is 9.98. The molecule has 2 rings (SSSR count). The number of carbonyl (C=O) groups is 3. The Labute approximate surface area is 166 Å². The van der Waals surface area contributed by atoms with Gasteiger partial charge in [0.05, 0.1) is 18.6 Å². The van der Waals surface area contributed by atoms with E-state index in [9.17, 15) is 14.4 Å². The Hall–Kier alpha value is -2.57. The van der Waals surface area contributed by atoms with Crippen LogP contribution in [0.4, 0.5) is 11.4 Å². The van der Waals surface area contributed by atoms with E-state index in [4.69, 9.17) is 4.74 Å². The lowest BCUT2D eigenvalue weighted by molar-refractivity contribution is -0.144. The zero-order valence-electron chi connectivity index (χ0n) is 17.0. The largest absolute Gasteiger partial charge is 0.466 e. The summed E-state index contributed by atoms with van der Waals surface area (Å²) in [5, 5.41) is 5.88. The van der Waals surface area contributed by atoms with Crippen molar-refractivity contribution in [3.8, 4) is 0 Å². The Balaban J connectivity index is 2.05. The summed E-state index contributed by atoms with van der Waals surface area (Å²) in [6.07, 6.45) is 5.59. The maximum Gasteiger partial charge on any atom is 0.306 e. The third-order valence-corrected chi connectivity index (χ3v) is 4.81. The van der Waals surface area contributed by atoms with Gasteiger partial charge in [0.25, 0.3) is 5.91 Å². The van der Waals surface area contributed by atoms with E-state index in [1.165, 1.54) is 6.42 Å². The SMILES string of the molecule is CCOC(=O)CCC(=O)Nc1ccc(N(C)C)c(C(=O)NC2CCCCC2)c1. The molecule has 2 N–H and O–H groups in total. The molecule has 0 aliphatic heterocycles. The summed E-state index contributed by atoms with van der Waals surface area (Å²) in [4.78, 5) is 38.2. The Kier molecular flexibility index (Phi) is 8.29. The van der Waals surface area contributed by atoms with Gasteiger partial charge in [-0.15, -0.1) is 0 Å². The number of hydrogen-bond acceptors (Lipinski definition) is 5. The van der Waals surface area contributed by atoms with Gasteiger partial charge in [-0.1, -0.05) is 19.3 Å². The smallest absolute Gasteiger partial charge is 0.306 e. The Bertz CT molecular complexity index is 697. The Morgan fingerprint density at radius 3 is 2.46 bits per heavy atom. The van der Waals surface area contributed by atoms with Gasteiger partial charge in [0, 0.05) is 37.9 Å². The van der Waals surface area contributed by atoms with Crippen molar-refractivity contribution in [2.75, 3.05) is 30.9 Å². The van der Waals surface area contributed by atoms with Crippen LogP contribution >= 0.6 is 0 Å². The van der Waals surface area contributed by atoms with E-state index in [0.717, 1.165) is 31.4 Å². The standard InChI is InChI=1S/C21H31N3O4/c1-4-28-20(26)13-12-19(25)22-16-10-11-18(24(2)3)17(14-16)21(27)23-15-8-6-5-7-9-15/h10-11,14-15H,4-9,12-13H2,1-3H3,(H,22,25)(H,23,27). The van der Waals surface area contributed by atoms with Crippen LogP contribution < -0.4 is 15.5 Å². The van der Waals surface area contributed by atoms with Crippen LogP contribution in [0, 0.1) is 0 Å². The average Bonchev–Trinajstić information content (AvgIpc) is 2.67. The van der Waals surface area contributed by atoms with Crippen molar-refractivity contribution in [2.45, 2.75) is 57.9 Å². The molecule has 0 heterocycles. The molecular formula is C21H31N3O4. The molecule has 0 saturated heterocycles. The van der Waals surface area contributed by atoms with Gasteiger partial charge in [-0.3, -0.25) is 14.4 Å². The average molecular weight is 389 g/mol. The molecule has 28 heavy (non-hydrogen) atoms. The number of hydrogen-bond donors (Lipinski definition) is 2. The van der Waals surface area contributed by atoms with Crippen molar-refractivity contribution in [1.82, 2.24) is 5.32 Å². The number of amides is 2. The van der Waals surface area contributed by atoms with Gasteiger partial charge in [-0.2, -0.15) is 0 Å². The Morgan fingerprint density at radius 1 is 1.11 bits per heavy atom. The van der Waals surface area contributed by atoms with Gasteiger partial charge in [-0.25, -0.2) is 0 Å². The molecule has 0 radical (unpaired) electrons. The van der Waals surface area contributed by atoms with Crippen molar-refractivity contribution in [3.63, 3.8) is 0 Å². The first-order chi connectivity index (χ1) is 13.4. The molecular weight excluding hydrogens is 358 g/mol. The lowest BCUT2D eigenvalue weighted by atomic mass is 9.95. The second-order valence-electron chi connectivity index (χ2n) is 7.29. The molecule has 1 saturated carbocycles. The fraction of sp³-hybridized carbons (Fsp3) is 0.571. The minimum absolute atomic E-state index is 0.0322. The third kappa shape index (κ3) is 6.55. The molecule has 1 aliphatic carbocycles. The van der Waals surface area contributed by atoms with E-state index in [1.807, 2.05) is 25.1 Å². The Morgan fingerprint density at radius 2 is 1.82 bits per heavy atom. The molecule has 2 amide bonds. The zero-order valence-corrected chi connectivity index (χ0v) is 17.0. The first kappa shape index (κ1) is 21.7. The zero-order chi connectivity index (χ0) is 20.5. The highest BCUT2D eigenvalue weighted by Crippen LogP contribution is 2.24. The fourth-order valence-corrected chi connectivity index (χ4v) is 3.37. The molecule has 1 aromatic carbocycles. The summed E-state index contributed by atoms with van der Waals surface area (Å²) in [6, 6.07) is 5.47. The molecule has 0 bridgehead atoms. The molecule has 7 heteroatoms. The first-order valence-corrected chi connectivity index (χ1v) is 9.98. The molecule has 1 aliphatic rings. The van der Waals surface area contributed by atoms with Gasteiger partial charge in [0.2, 0.25) is 5.91 Å². The normalized spacial score (nSPS) is 14.2. The molecule has 154 valence electrons. The predicted octanol–water partition coefficient (Wildman–Crippen LogP) is 3.10. The monoisotopic (exact) mass is 389 g/mol. The molecule has 0 atom stereocenters. The number of esters is 1. The van der Waals surface area contributed by atoms with Crippen LogP contribution in [0.5, 0.6) is 0 Å². The van der Waals surface area contributed by atoms with Crippen molar-refractivity contribution in [3.05, 3.63) is 23.8 Å². The third-order valence-electron chi connectivity index (χ3n) is 4.81.